The second-order valence-corrected chi connectivity index (χ2v) is 5.70. The van der Waals surface area contributed by atoms with E-state index in [0.717, 1.165) is 36.6 Å². The van der Waals surface area contributed by atoms with Crippen LogP contribution < -0.4 is 19.5 Å². The second-order valence-electron chi connectivity index (χ2n) is 5.70. The van der Waals surface area contributed by atoms with E-state index in [4.69, 9.17) is 14.2 Å². The van der Waals surface area contributed by atoms with Gasteiger partial charge in [-0.15, -0.1) is 0 Å². The summed E-state index contributed by atoms with van der Waals surface area (Å²) in [6.07, 6.45) is 1.12. The fourth-order valence-electron chi connectivity index (χ4n) is 2.28. The number of rotatable bonds is 7. The zero-order valence-electron chi connectivity index (χ0n) is 13.4. The van der Waals surface area contributed by atoms with Crippen molar-refractivity contribution in [3.63, 3.8) is 0 Å². The number of benzene rings is 1. The molecule has 0 aromatic heterocycles. The van der Waals surface area contributed by atoms with Crippen molar-refractivity contribution in [1.82, 2.24) is 10.2 Å². The number of fused-ring (bicyclic) bond motifs is 1. The molecule has 0 spiro atoms. The van der Waals surface area contributed by atoms with E-state index < -0.39 is 0 Å². The van der Waals surface area contributed by atoms with Crippen LogP contribution >= 0.6 is 0 Å². The van der Waals surface area contributed by atoms with Gasteiger partial charge in [-0.25, -0.2) is 0 Å². The minimum Gasteiger partial charge on any atom is -0.493 e. The van der Waals surface area contributed by atoms with E-state index >= 15 is 0 Å². The summed E-state index contributed by atoms with van der Waals surface area (Å²) in [5.74, 6) is 2.23. The predicted molar refractivity (Wildman–Crippen MR) is 83.5 cm³/mol. The number of ether oxygens (including phenoxy) is 3. The van der Waals surface area contributed by atoms with E-state index in [9.17, 15) is 0 Å². The van der Waals surface area contributed by atoms with E-state index in [1.807, 2.05) is 12.1 Å². The predicted octanol–water partition coefficient (Wildman–Crippen LogP) is 1.90. The van der Waals surface area contributed by atoms with E-state index in [2.05, 4.69) is 31.2 Å². The van der Waals surface area contributed by atoms with Crippen LogP contribution in [-0.4, -0.2) is 51.9 Å². The zero-order chi connectivity index (χ0) is 15.2. The Morgan fingerprint density at radius 3 is 2.76 bits per heavy atom. The molecule has 0 radical (unpaired) electrons. The van der Waals surface area contributed by atoms with Crippen LogP contribution in [0.4, 0.5) is 0 Å². The Morgan fingerprint density at radius 2 is 2.05 bits per heavy atom. The third kappa shape index (κ3) is 4.51. The van der Waals surface area contributed by atoms with Gasteiger partial charge in [0.05, 0.1) is 7.11 Å². The van der Waals surface area contributed by atoms with Gasteiger partial charge in [-0.2, -0.15) is 0 Å². The average molecular weight is 294 g/mol. The fourth-order valence-corrected chi connectivity index (χ4v) is 2.28. The fraction of sp³-hybridized carbons (Fsp3) is 0.625. The Hall–Kier alpha value is -1.46. The smallest absolute Gasteiger partial charge is 0.203 e. The van der Waals surface area contributed by atoms with Gasteiger partial charge in [-0.1, -0.05) is 0 Å². The highest BCUT2D eigenvalue weighted by atomic mass is 16.6. The van der Waals surface area contributed by atoms with Crippen molar-refractivity contribution in [2.75, 3.05) is 41.0 Å². The average Bonchev–Trinajstić information content (AvgIpc) is 2.49. The molecule has 1 aromatic carbocycles. The van der Waals surface area contributed by atoms with Crippen molar-refractivity contribution >= 4 is 0 Å². The summed E-state index contributed by atoms with van der Waals surface area (Å²) in [6, 6.07) is 4.51. The Labute approximate surface area is 127 Å². The van der Waals surface area contributed by atoms with Gasteiger partial charge in [-0.05, 0) is 51.7 Å². The number of hydrogen-bond donors (Lipinski definition) is 1. The maximum atomic E-state index is 5.65. The Bertz CT molecular complexity index is 446. The van der Waals surface area contributed by atoms with Gasteiger partial charge in [0.15, 0.2) is 11.5 Å². The van der Waals surface area contributed by atoms with Crippen molar-refractivity contribution < 1.29 is 14.2 Å². The van der Waals surface area contributed by atoms with Crippen LogP contribution in [-0.2, 0) is 6.54 Å². The van der Waals surface area contributed by atoms with Crippen LogP contribution in [0.25, 0.3) is 0 Å². The lowest BCUT2D eigenvalue weighted by Gasteiger charge is -2.22. The molecule has 0 fully saturated rings. The minimum absolute atomic E-state index is 0.464. The van der Waals surface area contributed by atoms with Crippen molar-refractivity contribution in [3.05, 3.63) is 17.7 Å². The van der Waals surface area contributed by atoms with Gasteiger partial charge < -0.3 is 24.4 Å². The molecule has 1 aliphatic rings. The summed E-state index contributed by atoms with van der Waals surface area (Å²) in [6.45, 7) is 5.24. The molecule has 5 heteroatoms. The molecule has 1 aliphatic heterocycles. The van der Waals surface area contributed by atoms with Crippen LogP contribution in [0, 0.1) is 0 Å². The standard InChI is InChI=1S/C16H26N2O3/c1-12(5-6-18(2)3)17-11-13-9-14(19-4)16-15(10-13)20-7-8-21-16/h9-10,12,17H,5-8,11H2,1-4H3. The van der Waals surface area contributed by atoms with Crippen molar-refractivity contribution in [3.8, 4) is 17.2 Å². The highest BCUT2D eigenvalue weighted by Crippen LogP contribution is 2.40. The quantitative estimate of drug-likeness (QED) is 0.832. The van der Waals surface area contributed by atoms with Crippen LogP contribution in [0.1, 0.15) is 18.9 Å². The molecule has 0 aliphatic carbocycles. The first-order valence-electron chi connectivity index (χ1n) is 7.44. The number of nitrogens with zero attached hydrogens (tertiary/aromatic N) is 1. The normalized spacial score (nSPS) is 15.1. The van der Waals surface area contributed by atoms with Crippen LogP contribution in [0.15, 0.2) is 12.1 Å². The molecular formula is C16H26N2O3. The van der Waals surface area contributed by atoms with Gasteiger partial charge in [0.2, 0.25) is 5.75 Å². The van der Waals surface area contributed by atoms with Gasteiger partial charge in [0, 0.05) is 12.6 Å². The van der Waals surface area contributed by atoms with E-state index in [-0.39, 0.29) is 0 Å². The minimum atomic E-state index is 0.464. The summed E-state index contributed by atoms with van der Waals surface area (Å²) in [5, 5.41) is 3.53. The molecular weight excluding hydrogens is 268 g/mol. The Balaban J connectivity index is 1.97. The summed E-state index contributed by atoms with van der Waals surface area (Å²) in [5.41, 5.74) is 1.15. The first kappa shape index (κ1) is 15.9. The highest BCUT2D eigenvalue weighted by Gasteiger charge is 2.18. The number of methoxy groups -OCH3 is 1. The topological polar surface area (TPSA) is 43.0 Å². The van der Waals surface area contributed by atoms with Crippen molar-refractivity contribution in [1.29, 1.82) is 0 Å². The van der Waals surface area contributed by atoms with Gasteiger partial charge >= 0.3 is 0 Å². The summed E-state index contributed by atoms with van der Waals surface area (Å²) >= 11 is 0. The largest absolute Gasteiger partial charge is 0.493 e. The van der Waals surface area contributed by atoms with Gasteiger partial charge in [0.25, 0.3) is 0 Å². The molecule has 0 saturated heterocycles. The van der Waals surface area contributed by atoms with Crippen LogP contribution in [0.5, 0.6) is 17.2 Å². The SMILES string of the molecule is COc1cc(CNC(C)CCN(C)C)cc2c1OCCO2. The molecule has 1 N–H and O–H groups in total. The summed E-state index contributed by atoms with van der Waals surface area (Å²) < 4.78 is 16.7. The summed E-state index contributed by atoms with van der Waals surface area (Å²) in [4.78, 5) is 2.20. The maximum Gasteiger partial charge on any atom is 0.203 e. The molecule has 0 bridgehead atoms. The molecule has 21 heavy (non-hydrogen) atoms. The number of nitrogens with one attached hydrogen (secondary N) is 1. The molecule has 2 rings (SSSR count). The maximum absolute atomic E-state index is 5.65. The van der Waals surface area contributed by atoms with E-state index in [0.29, 0.717) is 25.0 Å². The second kappa shape index (κ2) is 7.52. The molecule has 118 valence electrons. The Kier molecular flexibility index (Phi) is 5.70. The first-order chi connectivity index (χ1) is 10.1. The lowest BCUT2D eigenvalue weighted by Crippen LogP contribution is -2.29. The first-order valence-corrected chi connectivity index (χ1v) is 7.44. The molecule has 5 nitrogen and oxygen atoms in total. The third-order valence-electron chi connectivity index (χ3n) is 3.55. The van der Waals surface area contributed by atoms with Crippen molar-refractivity contribution in [2.45, 2.75) is 25.9 Å². The van der Waals surface area contributed by atoms with Crippen molar-refractivity contribution in [2.24, 2.45) is 0 Å². The van der Waals surface area contributed by atoms with Gasteiger partial charge in [0.1, 0.15) is 13.2 Å². The molecule has 0 saturated carbocycles. The lowest BCUT2D eigenvalue weighted by molar-refractivity contribution is 0.165. The Morgan fingerprint density at radius 1 is 1.29 bits per heavy atom. The lowest BCUT2D eigenvalue weighted by atomic mass is 10.1. The van der Waals surface area contributed by atoms with Crippen LogP contribution in [0.2, 0.25) is 0 Å². The van der Waals surface area contributed by atoms with E-state index in [1.165, 1.54) is 0 Å². The molecule has 1 heterocycles. The zero-order valence-corrected chi connectivity index (χ0v) is 13.4. The third-order valence-corrected chi connectivity index (χ3v) is 3.55. The molecule has 1 atom stereocenters. The monoisotopic (exact) mass is 294 g/mol. The van der Waals surface area contributed by atoms with E-state index in [1.54, 1.807) is 7.11 Å². The summed E-state index contributed by atoms with van der Waals surface area (Å²) in [7, 11) is 5.85. The highest BCUT2D eigenvalue weighted by molar-refractivity contribution is 5.54. The van der Waals surface area contributed by atoms with Gasteiger partial charge in [-0.3, -0.25) is 0 Å². The number of hydrogen-bond acceptors (Lipinski definition) is 5. The molecule has 1 aromatic rings. The van der Waals surface area contributed by atoms with Crippen LogP contribution in [0.3, 0.4) is 0 Å². The molecule has 0 amide bonds. The molecule has 1 unspecified atom stereocenters.